The van der Waals surface area contributed by atoms with Crippen LogP contribution in [0.1, 0.15) is 24.2 Å². The molecule has 0 saturated carbocycles. The molecule has 104 valence electrons. The van der Waals surface area contributed by atoms with E-state index in [1.54, 1.807) is 0 Å². The number of carbonyl (C=O) groups excluding carboxylic acids is 1. The summed E-state index contributed by atoms with van der Waals surface area (Å²) >= 11 is 3.13. The third kappa shape index (κ3) is 4.29. The Bertz CT molecular complexity index is 491. The van der Waals surface area contributed by atoms with Crippen molar-refractivity contribution in [1.82, 2.24) is 5.32 Å². The first kappa shape index (κ1) is 15.6. The van der Waals surface area contributed by atoms with Crippen LogP contribution in [0.25, 0.3) is 0 Å². The van der Waals surface area contributed by atoms with Gasteiger partial charge in [-0.1, -0.05) is 29.8 Å². The summed E-state index contributed by atoms with van der Waals surface area (Å²) in [6, 6.07) is 3.64. The van der Waals surface area contributed by atoms with E-state index in [-0.39, 0.29) is 29.8 Å². The van der Waals surface area contributed by atoms with Crippen LogP contribution in [-0.4, -0.2) is 28.6 Å². The van der Waals surface area contributed by atoms with Crippen molar-refractivity contribution in [1.29, 1.82) is 0 Å². The summed E-state index contributed by atoms with van der Waals surface area (Å²) in [5.74, 6) is -0.381. The molecular weight excluding hydrogens is 316 g/mol. The van der Waals surface area contributed by atoms with Crippen molar-refractivity contribution in [3.05, 3.63) is 38.3 Å². The van der Waals surface area contributed by atoms with Crippen LogP contribution < -0.4 is 5.32 Å². The lowest BCUT2D eigenvalue weighted by atomic mass is 10.0. The standard InChI is InChI=1S/C12H15BrN2O4/c1-7(2)11(6-16)14-12(17)8-3-9(13)5-10(4-8)15(18)19/h3-5,7,11,16H,6H2,1-2H3,(H,14,17). The molecule has 7 heteroatoms. The molecule has 0 fully saturated rings. The molecule has 0 aliphatic rings. The van der Waals surface area contributed by atoms with Crippen LogP contribution in [0.15, 0.2) is 22.7 Å². The number of rotatable bonds is 5. The van der Waals surface area contributed by atoms with Gasteiger partial charge in [-0.2, -0.15) is 0 Å². The molecule has 19 heavy (non-hydrogen) atoms. The fraction of sp³-hybridized carbons (Fsp3) is 0.417. The van der Waals surface area contributed by atoms with Gasteiger partial charge in [-0.05, 0) is 12.0 Å². The molecule has 1 aromatic rings. The second-order valence-corrected chi connectivity index (χ2v) is 5.38. The Morgan fingerprint density at radius 2 is 2.11 bits per heavy atom. The summed E-state index contributed by atoms with van der Waals surface area (Å²) in [5.41, 5.74) is 0.0183. The van der Waals surface area contributed by atoms with E-state index in [9.17, 15) is 14.9 Å². The van der Waals surface area contributed by atoms with Crippen molar-refractivity contribution < 1.29 is 14.8 Å². The molecule has 2 N–H and O–H groups in total. The minimum absolute atomic E-state index is 0.0658. The Balaban J connectivity index is 2.96. The van der Waals surface area contributed by atoms with Gasteiger partial charge >= 0.3 is 0 Å². The lowest BCUT2D eigenvalue weighted by molar-refractivity contribution is -0.385. The normalized spacial score (nSPS) is 12.3. The molecule has 0 saturated heterocycles. The smallest absolute Gasteiger partial charge is 0.271 e. The van der Waals surface area contributed by atoms with Crippen LogP contribution in [0.3, 0.4) is 0 Å². The van der Waals surface area contributed by atoms with Gasteiger partial charge in [0.15, 0.2) is 0 Å². The Labute approximate surface area is 119 Å². The molecule has 1 amide bonds. The van der Waals surface area contributed by atoms with E-state index in [1.165, 1.54) is 18.2 Å². The SMILES string of the molecule is CC(C)C(CO)NC(=O)c1cc(Br)cc([N+](=O)[O-])c1. The minimum Gasteiger partial charge on any atom is -0.394 e. The number of nitro groups is 1. The number of aliphatic hydroxyl groups excluding tert-OH is 1. The Hall–Kier alpha value is -1.47. The summed E-state index contributed by atoms with van der Waals surface area (Å²) < 4.78 is 0.456. The van der Waals surface area contributed by atoms with Crippen LogP contribution in [0.2, 0.25) is 0 Å². The van der Waals surface area contributed by atoms with Crippen LogP contribution in [0.4, 0.5) is 5.69 Å². The molecule has 0 bridgehead atoms. The van der Waals surface area contributed by atoms with Crippen molar-refractivity contribution in [2.75, 3.05) is 6.61 Å². The predicted molar refractivity (Wildman–Crippen MR) is 74.0 cm³/mol. The zero-order valence-corrected chi connectivity index (χ0v) is 12.2. The zero-order valence-electron chi connectivity index (χ0n) is 10.6. The molecule has 1 aromatic carbocycles. The number of hydrogen-bond acceptors (Lipinski definition) is 4. The molecule has 1 unspecified atom stereocenters. The lowest BCUT2D eigenvalue weighted by Crippen LogP contribution is -2.41. The highest BCUT2D eigenvalue weighted by Crippen LogP contribution is 2.21. The number of amides is 1. The first-order valence-corrected chi connectivity index (χ1v) is 6.51. The van der Waals surface area contributed by atoms with Crippen LogP contribution in [0, 0.1) is 16.0 Å². The summed E-state index contributed by atoms with van der Waals surface area (Å²) in [4.78, 5) is 22.1. The molecule has 6 nitrogen and oxygen atoms in total. The van der Waals surface area contributed by atoms with Gasteiger partial charge in [-0.3, -0.25) is 14.9 Å². The van der Waals surface area contributed by atoms with Crippen LogP contribution in [-0.2, 0) is 0 Å². The third-order valence-corrected chi connectivity index (χ3v) is 3.13. The molecule has 0 radical (unpaired) electrons. The number of aliphatic hydroxyl groups is 1. The zero-order chi connectivity index (χ0) is 14.6. The Kier molecular flexibility index (Phi) is 5.44. The van der Waals surface area contributed by atoms with Crippen molar-refractivity contribution in [3.63, 3.8) is 0 Å². The second-order valence-electron chi connectivity index (χ2n) is 4.46. The molecule has 0 aliphatic heterocycles. The molecule has 0 spiro atoms. The van der Waals surface area contributed by atoms with E-state index in [2.05, 4.69) is 21.2 Å². The maximum atomic E-state index is 12.0. The van der Waals surface area contributed by atoms with Crippen molar-refractivity contribution >= 4 is 27.5 Å². The molecule has 0 aliphatic carbocycles. The van der Waals surface area contributed by atoms with Gasteiger partial charge in [0.05, 0.1) is 17.6 Å². The number of benzene rings is 1. The number of hydrogen-bond donors (Lipinski definition) is 2. The topological polar surface area (TPSA) is 92.5 Å². The highest BCUT2D eigenvalue weighted by Gasteiger charge is 2.18. The second kappa shape index (κ2) is 6.63. The summed E-state index contributed by atoms with van der Waals surface area (Å²) in [6.07, 6.45) is 0. The number of non-ortho nitro benzene ring substituents is 1. The molecular formula is C12H15BrN2O4. The number of carbonyl (C=O) groups is 1. The highest BCUT2D eigenvalue weighted by molar-refractivity contribution is 9.10. The largest absolute Gasteiger partial charge is 0.394 e. The highest BCUT2D eigenvalue weighted by atomic mass is 79.9. The Morgan fingerprint density at radius 3 is 2.58 bits per heavy atom. The quantitative estimate of drug-likeness (QED) is 0.638. The van der Waals surface area contributed by atoms with E-state index >= 15 is 0 Å². The third-order valence-electron chi connectivity index (χ3n) is 2.67. The van der Waals surface area contributed by atoms with Crippen LogP contribution in [0.5, 0.6) is 0 Å². The van der Waals surface area contributed by atoms with Crippen molar-refractivity contribution in [3.8, 4) is 0 Å². The number of nitrogens with one attached hydrogen (secondary N) is 1. The average Bonchev–Trinajstić information content (AvgIpc) is 2.34. The fourth-order valence-corrected chi connectivity index (χ4v) is 1.97. The maximum absolute atomic E-state index is 12.0. The lowest BCUT2D eigenvalue weighted by Gasteiger charge is -2.19. The van der Waals surface area contributed by atoms with E-state index in [0.29, 0.717) is 4.47 Å². The Morgan fingerprint density at radius 1 is 1.47 bits per heavy atom. The van der Waals surface area contributed by atoms with Gasteiger partial charge in [-0.25, -0.2) is 0 Å². The predicted octanol–water partition coefficient (Wildman–Crippen LogP) is 2.10. The van der Waals surface area contributed by atoms with E-state index < -0.39 is 10.8 Å². The van der Waals surface area contributed by atoms with Gasteiger partial charge < -0.3 is 10.4 Å². The van der Waals surface area contributed by atoms with Gasteiger partial charge in [0, 0.05) is 22.2 Å². The average molecular weight is 331 g/mol. The van der Waals surface area contributed by atoms with Gasteiger partial charge in [0.1, 0.15) is 0 Å². The molecule has 0 aromatic heterocycles. The fourth-order valence-electron chi connectivity index (χ4n) is 1.49. The summed E-state index contributed by atoms with van der Waals surface area (Å²) in [5, 5.41) is 22.5. The number of nitro benzene ring substituents is 1. The van der Waals surface area contributed by atoms with Crippen molar-refractivity contribution in [2.24, 2.45) is 5.92 Å². The van der Waals surface area contributed by atoms with Gasteiger partial charge in [0.2, 0.25) is 0 Å². The van der Waals surface area contributed by atoms with Crippen LogP contribution >= 0.6 is 15.9 Å². The van der Waals surface area contributed by atoms with E-state index in [4.69, 9.17) is 5.11 Å². The maximum Gasteiger partial charge on any atom is 0.271 e. The summed E-state index contributed by atoms with van der Waals surface area (Å²) in [6.45, 7) is 3.55. The van der Waals surface area contributed by atoms with Gasteiger partial charge in [-0.15, -0.1) is 0 Å². The van der Waals surface area contributed by atoms with E-state index in [1.807, 2.05) is 13.8 Å². The molecule has 1 rings (SSSR count). The summed E-state index contributed by atoms with van der Waals surface area (Å²) in [7, 11) is 0. The van der Waals surface area contributed by atoms with Crippen molar-refractivity contribution in [2.45, 2.75) is 19.9 Å². The number of halogens is 1. The monoisotopic (exact) mass is 330 g/mol. The molecule has 0 heterocycles. The first-order chi connectivity index (χ1) is 8.85. The number of nitrogens with zero attached hydrogens (tertiary/aromatic N) is 1. The first-order valence-electron chi connectivity index (χ1n) is 5.72. The van der Waals surface area contributed by atoms with E-state index in [0.717, 1.165) is 0 Å². The minimum atomic E-state index is -0.562. The molecule has 1 atom stereocenters. The van der Waals surface area contributed by atoms with Gasteiger partial charge in [0.25, 0.3) is 11.6 Å².